The molecule has 1 N–H and O–H groups in total. The van der Waals surface area contributed by atoms with E-state index >= 15 is 0 Å². The van der Waals surface area contributed by atoms with Crippen LogP contribution in [0.15, 0.2) is 44.8 Å². The predicted octanol–water partition coefficient (Wildman–Crippen LogP) is 6.09. The first kappa shape index (κ1) is 14.3. The zero-order valence-corrected chi connectivity index (χ0v) is 14.9. The fourth-order valence-electron chi connectivity index (χ4n) is 1.91. The number of aromatic nitrogens is 1. The molecule has 0 radical (unpaired) electrons. The normalized spacial score (nSPS) is 10.9. The summed E-state index contributed by atoms with van der Waals surface area (Å²) in [4.78, 5) is 4.38. The van der Waals surface area contributed by atoms with E-state index in [0.717, 1.165) is 24.8 Å². The molecule has 0 amide bonds. The maximum atomic E-state index is 6.27. The van der Waals surface area contributed by atoms with Crippen molar-refractivity contribution in [2.45, 2.75) is 6.54 Å². The van der Waals surface area contributed by atoms with Gasteiger partial charge >= 0.3 is 0 Å². The topological polar surface area (TPSA) is 24.9 Å². The minimum atomic E-state index is 0.694. The molecule has 0 bridgehead atoms. The SMILES string of the molecule is Clc1ccc2scnc2c1NCc1ccc(Br)c(Br)c1. The molecule has 0 saturated heterocycles. The van der Waals surface area contributed by atoms with Crippen LogP contribution in [-0.2, 0) is 6.54 Å². The second-order valence-electron chi connectivity index (χ2n) is 4.22. The first-order valence-electron chi connectivity index (χ1n) is 5.84. The Morgan fingerprint density at radius 3 is 2.80 bits per heavy atom. The minimum absolute atomic E-state index is 0.694. The minimum Gasteiger partial charge on any atom is -0.378 e. The third kappa shape index (κ3) is 2.86. The zero-order chi connectivity index (χ0) is 14.1. The van der Waals surface area contributed by atoms with Crippen LogP contribution in [0.25, 0.3) is 10.2 Å². The number of benzene rings is 2. The molecule has 0 aliphatic heterocycles. The molecule has 0 fully saturated rings. The highest BCUT2D eigenvalue weighted by atomic mass is 79.9. The highest BCUT2D eigenvalue weighted by molar-refractivity contribution is 9.13. The lowest BCUT2D eigenvalue weighted by Gasteiger charge is -2.10. The molecule has 0 atom stereocenters. The van der Waals surface area contributed by atoms with Gasteiger partial charge in [0.1, 0.15) is 5.52 Å². The van der Waals surface area contributed by atoms with Crippen LogP contribution < -0.4 is 5.32 Å². The Hall–Kier alpha value is -0.620. The van der Waals surface area contributed by atoms with Gasteiger partial charge in [0.05, 0.1) is 20.9 Å². The Balaban J connectivity index is 1.88. The summed E-state index contributed by atoms with van der Waals surface area (Å²) < 4.78 is 3.21. The molecule has 3 rings (SSSR count). The van der Waals surface area contributed by atoms with Gasteiger partial charge in [-0.05, 0) is 61.7 Å². The van der Waals surface area contributed by atoms with Gasteiger partial charge in [0, 0.05) is 15.5 Å². The molecule has 6 heteroatoms. The van der Waals surface area contributed by atoms with E-state index in [9.17, 15) is 0 Å². The van der Waals surface area contributed by atoms with E-state index in [1.54, 1.807) is 11.3 Å². The highest BCUT2D eigenvalue weighted by Crippen LogP contribution is 2.33. The second kappa shape index (κ2) is 6.02. The first-order valence-corrected chi connectivity index (χ1v) is 8.69. The van der Waals surface area contributed by atoms with Crippen LogP contribution in [0.4, 0.5) is 5.69 Å². The summed E-state index contributed by atoms with van der Waals surface area (Å²) in [6, 6.07) is 10.1. The number of nitrogens with zero attached hydrogens (tertiary/aromatic N) is 1. The van der Waals surface area contributed by atoms with Crippen molar-refractivity contribution in [2.75, 3.05) is 5.32 Å². The van der Waals surface area contributed by atoms with Gasteiger partial charge in [0.15, 0.2) is 0 Å². The summed E-state index contributed by atoms with van der Waals surface area (Å²) in [5, 5.41) is 4.08. The van der Waals surface area contributed by atoms with Crippen molar-refractivity contribution in [2.24, 2.45) is 0 Å². The van der Waals surface area contributed by atoms with Crippen LogP contribution in [0.2, 0.25) is 5.02 Å². The molecule has 1 heterocycles. The largest absolute Gasteiger partial charge is 0.378 e. The van der Waals surface area contributed by atoms with Crippen molar-refractivity contribution in [3.63, 3.8) is 0 Å². The highest BCUT2D eigenvalue weighted by Gasteiger charge is 2.08. The summed E-state index contributed by atoms with van der Waals surface area (Å²) in [6.45, 7) is 0.697. The van der Waals surface area contributed by atoms with E-state index in [0.29, 0.717) is 11.6 Å². The number of halogens is 3. The molecule has 20 heavy (non-hydrogen) atoms. The number of hydrogen-bond donors (Lipinski definition) is 1. The smallest absolute Gasteiger partial charge is 0.106 e. The molecule has 0 spiro atoms. The van der Waals surface area contributed by atoms with E-state index in [1.807, 2.05) is 23.7 Å². The molecular weight excluding hydrogens is 423 g/mol. The van der Waals surface area contributed by atoms with E-state index in [1.165, 1.54) is 5.56 Å². The summed E-state index contributed by atoms with van der Waals surface area (Å²) in [7, 11) is 0. The van der Waals surface area contributed by atoms with E-state index in [-0.39, 0.29) is 0 Å². The molecule has 102 valence electrons. The maximum absolute atomic E-state index is 6.27. The molecule has 0 unspecified atom stereocenters. The van der Waals surface area contributed by atoms with E-state index in [4.69, 9.17) is 11.6 Å². The number of rotatable bonds is 3. The van der Waals surface area contributed by atoms with Crippen molar-refractivity contribution in [3.05, 3.63) is 55.4 Å². The molecule has 0 saturated carbocycles. The van der Waals surface area contributed by atoms with Gasteiger partial charge in [0.2, 0.25) is 0 Å². The van der Waals surface area contributed by atoms with E-state index in [2.05, 4.69) is 54.3 Å². The lowest BCUT2D eigenvalue weighted by molar-refractivity contribution is 1.15. The predicted molar refractivity (Wildman–Crippen MR) is 93.8 cm³/mol. The monoisotopic (exact) mass is 430 g/mol. The standard InChI is InChI=1S/C14H9Br2ClN2S/c15-9-2-1-8(5-10(9)16)6-18-13-11(17)3-4-12-14(13)19-7-20-12/h1-5,7,18H,6H2. The molecule has 0 aliphatic carbocycles. The summed E-state index contributed by atoms with van der Waals surface area (Å²) in [6.07, 6.45) is 0. The van der Waals surface area contributed by atoms with Gasteiger partial charge in [-0.3, -0.25) is 0 Å². The molecular formula is C14H9Br2ClN2S. The number of anilines is 1. The lowest BCUT2D eigenvalue weighted by Crippen LogP contribution is -2.00. The Kier molecular flexibility index (Phi) is 4.31. The number of hydrogen-bond acceptors (Lipinski definition) is 3. The Morgan fingerprint density at radius 1 is 1.15 bits per heavy atom. The van der Waals surface area contributed by atoms with Crippen molar-refractivity contribution in [1.82, 2.24) is 4.98 Å². The van der Waals surface area contributed by atoms with Gasteiger partial charge in [-0.25, -0.2) is 4.98 Å². The third-order valence-corrected chi connectivity index (χ3v) is 5.89. The fourth-order valence-corrected chi connectivity index (χ4v) is 3.49. The third-order valence-electron chi connectivity index (χ3n) is 2.90. The molecule has 0 aliphatic rings. The van der Waals surface area contributed by atoms with Crippen molar-refractivity contribution >= 4 is 70.7 Å². The number of thiazole rings is 1. The fraction of sp³-hybridized carbons (Fsp3) is 0.0714. The van der Waals surface area contributed by atoms with Crippen LogP contribution in [0.1, 0.15) is 5.56 Å². The van der Waals surface area contributed by atoms with Crippen molar-refractivity contribution < 1.29 is 0 Å². The van der Waals surface area contributed by atoms with Crippen LogP contribution in [0, 0.1) is 0 Å². The molecule has 2 aromatic carbocycles. The van der Waals surface area contributed by atoms with Crippen LogP contribution >= 0.6 is 54.8 Å². The average Bonchev–Trinajstić information content (AvgIpc) is 2.90. The molecule has 3 aromatic rings. The van der Waals surface area contributed by atoms with E-state index < -0.39 is 0 Å². The molecule has 1 aromatic heterocycles. The molecule has 2 nitrogen and oxygen atoms in total. The van der Waals surface area contributed by atoms with Gasteiger partial charge < -0.3 is 5.32 Å². The van der Waals surface area contributed by atoms with Crippen LogP contribution in [0.3, 0.4) is 0 Å². The Labute approximate surface area is 142 Å². The second-order valence-corrected chi connectivity index (χ2v) is 7.23. The average molecular weight is 433 g/mol. The van der Waals surface area contributed by atoms with Gasteiger partial charge in [-0.1, -0.05) is 17.7 Å². The lowest BCUT2D eigenvalue weighted by atomic mass is 10.2. The van der Waals surface area contributed by atoms with Crippen molar-refractivity contribution in [3.8, 4) is 0 Å². The Morgan fingerprint density at radius 2 is 2.00 bits per heavy atom. The summed E-state index contributed by atoms with van der Waals surface area (Å²) in [5.74, 6) is 0. The number of nitrogens with one attached hydrogen (secondary N) is 1. The van der Waals surface area contributed by atoms with Gasteiger partial charge in [0.25, 0.3) is 0 Å². The van der Waals surface area contributed by atoms with Gasteiger partial charge in [-0.2, -0.15) is 0 Å². The maximum Gasteiger partial charge on any atom is 0.106 e. The van der Waals surface area contributed by atoms with Gasteiger partial charge in [-0.15, -0.1) is 11.3 Å². The first-order chi connectivity index (χ1) is 9.65. The summed E-state index contributed by atoms with van der Waals surface area (Å²) >= 11 is 14.9. The Bertz CT molecular complexity index is 773. The summed E-state index contributed by atoms with van der Waals surface area (Å²) in [5.41, 5.74) is 4.83. The quantitative estimate of drug-likeness (QED) is 0.542. The van der Waals surface area contributed by atoms with Crippen LogP contribution in [0.5, 0.6) is 0 Å². The van der Waals surface area contributed by atoms with Crippen molar-refractivity contribution in [1.29, 1.82) is 0 Å². The number of fused-ring (bicyclic) bond motifs is 1. The zero-order valence-electron chi connectivity index (χ0n) is 10.2. The van der Waals surface area contributed by atoms with Crippen LogP contribution in [-0.4, -0.2) is 4.98 Å².